The van der Waals surface area contributed by atoms with Gasteiger partial charge in [0, 0.05) is 25.6 Å². The lowest BCUT2D eigenvalue weighted by molar-refractivity contribution is -0.129. The number of fused-ring (bicyclic) bond motifs is 1. The molecule has 14 heavy (non-hydrogen) atoms. The van der Waals surface area contributed by atoms with Crippen molar-refractivity contribution in [2.75, 3.05) is 19.6 Å². The Morgan fingerprint density at radius 3 is 3.00 bits per heavy atom. The molecule has 80 valence electrons. The van der Waals surface area contributed by atoms with E-state index in [9.17, 15) is 4.79 Å². The van der Waals surface area contributed by atoms with Gasteiger partial charge in [-0.3, -0.25) is 4.79 Å². The second-order valence-electron chi connectivity index (χ2n) is 4.77. The number of likely N-dealkylation sites (tertiary alicyclic amines) is 1. The molecule has 3 unspecified atom stereocenters. The Hall–Kier alpha value is -0.570. The number of hydrogen-bond acceptors (Lipinski definition) is 2. The van der Waals surface area contributed by atoms with Crippen LogP contribution in [0.3, 0.4) is 0 Å². The fourth-order valence-corrected chi connectivity index (χ4v) is 2.72. The molecule has 0 bridgehead atoms. The van der Waals surface area contributed by atoms with E-state index in [1.165, 1.54) is 6.42 Å². The number of nitrogens with one attached hydrogen (secondary N) is 1. The van der Waals surface area contributed by atoms with Crippen LogP contribution in [0.1, 0.15) is 26.7 Å². The second kappa shape index (κ2) is 3.89. The van der Waals surface area contributed by atoms with Crippen molar-refractivity contribution in [2.45, 2.75) is 32.7 Å². The summed E-state index contributed by atoms with van der Waals surface area (Å²) in [5, 5.41) is 3.55. The maximum absolute atomic E-state index is 11.5. The van der Waals surface area contributed by atoms with E-state index in [0.717, 1.165) is 25.6 Å². The zero-order valence-corrected chi connectivity index (χ0v) is 9.12. The summed E-state index contributed by atoms with van der Waals surface area (Å²) in [7, 11) is 0. The third-order valence-electron chi connectivity index (χ3n) is 3.53. The predicted molar refractivity (Wildman–Crippen MR) is 55.9 cm³/mol. The lowest BCUT2D eigenvalue weighted by Crippen LogP contribution is -2.44. The molecule has 2 heterocycles. The summed E-state index contributed by atoms with van der Waals surface area (Å²) in [5.74, 6) is 1.79. The van der Waals surface area contributed by atoms with Gasteiger partial charge in [0.15, 0.2) is 0 Å². The van der Waals surface area contributed by atoms with Crippen LogP contribution in [0, 0.1) is 11.8 Å². The van der Waals surface area contributed by atoms with Crippen LogP contribution in [0.25, 0.3) is 0 Å². The molecule has 0 radical (unpaired) electrons. The number of nitrogens with zero attached hydrogens (tertiary/aromatic N) is 1. The zero-order valence-electron chi connectivity index (χ0n) is 9.12. The molecular weight excluding hydrogens is 176 g/mol. The predicted octanol–water partition coefficient (Wildman–Crippen LogP) is 0.853. The third-order valence-corrected chi connectivity index (χ3v) is 3.53. The highest BCUT2D eigenvalue weighted by atomic mass is 16.2. The first-order chi connectivity index (χ1) is 6.70. The molecule has 1 amide bonds. The largest absolute Gasteiger partial charge is 0.341 e. The van der Waals surface area contributed by atoms with Gasteiger partial charge in [0.2, 0.25) is 5.91 Å². The monoisotopic (exact) mass is 196 g/mol. The molecule has 2 aliphatic rings. The van der Waals surface area contributed by atoms with E-state index in [-0.39, 0.29) is 0 Å². The van der Waals surface area contributed by atoms with Crippen LogP contribution >= 0.6 is 0 Å². The Kier molecular flexibility index (Phi) is 2.77. The molecule has 0 aromatic rings. The minimum Gasteiger partial charge on any atom is -0.341 e. The first-order valence-corrected chi connectivity index (χ1v) is 5.72. The number of rotatable bonds is 1. The van der Waals surface area contributed by atoms with E-state index >= 15 is 0 Å². The van der Waals surface area contributed by atoms with Crippen LogP contribution in [0.4, 0.5) is 0 Å². The lowest BCUT2D eigenvalue weighted by Gasteiger charge is -2.29. The van der Waals surface area contributed by atoms with Gasteiger partial charge in [-0.1, -0.05) is 13.8 Å². The average Bonchev–Trinajstić information content (AvgIpc) is 2.59. The van der Waals surface area contributed by atoms with Crippen molar-refractivity contribution in [3.05, 3.63) is 0 Å². The quantitative estimate of drug-likeness (QED) is 0.674. The van der Waals surface area contributed by atoms with Crippen molar-refractivity contribution in [1.82, 2.24) is 10.2 Å². The minimum absolute atomic E-state index is 0.314. The molecule has 1 N–H and O–H groups in total. The zero-order chi connectivity index (χ0) is 10.1. The van der Waals surface area contributed by atoms with Gasteiger partial charge >= 0.3 is 0 Å². The van der Waals surface area contributed by atoms with Crippen molar-refractivity contribution in [3.63, 3.8) is 0 Å². The van der Waals surface area contributed by atoms with Crippen LogP contribution in [0.5, 0.6) is 0 Å². The molecule has 0 aromatic heterocycles. The fraction of sp³-hybridized carbons (Fsp3) is 0.909. The van der Waals surface area contributed by atoms with Crippen molar-refractivity contribution >= 4 is 5.91 Å². The van der Waals surface area contributed by atoms with Gasteiger partial charge in [-0.25, -0.2) is 0 Å². The highest BCUT2D eigenvalue weighted by Crippen LogP contribution is 2.27. The molecule has 0 aromatic carbocycles. The first-order valence-electron chi connectivity index (χ1n) is 5.72. The molecule has 2 rings (SSSR count). The van der Waals surface area contributed by atoms with Gasteiger partial charge in [0.05, 0.1) is 0 Å². The summed E-state index contributed by atoms with van der Waals surface area (Å²) >= 11 is 0. The van der Waals surface area contributed by atoms with Gasteiger partial charge in [0.1, 0.15) is 0 Å². The van der Waals surface area contributed by atoms with Crippen LogP contribution in [-0.2, 0) is 4.79 Å². The van der Waals surface area contributed by atoms with Gasteiger partial charge < -0.3 is 10.2 Å². The summed E-state index contributed by atoms with van der Waals surface area (Å²) < 4.78 is 0. The lowest BCUT2D eigenvalue weighted by atomic mass is 9.88. The number of hydrogen-bond donors (Lipinski definition) is 1. The van der Waals surface area contributed by atoms with Crippen LogP contribution in [0.2, 0.25) is 0 Å². The molecule has 2 fully saturated rings. The first kappa shape index (κ1) is 9.97. The smallest absolute Gasteiger partial charge is 0.222 e. The molecule has 3 heteroatoms. The van der Waals surface area contributed by atoms with Crippen LogP contribution in [0.15, 0.2) is 0 Å². The van der Waals surface area contributed by atoms with E-state index in [0.29, 0.717) is 24.3 Å². The Bertz CT molecular complexity index is 229. The van der Waals surface area contributed by atoms with Crippen molar-refractivity contribution in [1.29, 1.82) is 0 Å². The summed E-state index contributed by atoms with van der Waals surface area (Å²) in [4.78, 5) is 13.6. The van der Waals surface area contributed by atoms with Crippen LogP contribution < -0.4 is 5.32 Å². The molecular formula is C11H20N2O. The minimum atomic E-state index is 0.314. The van der Waals surface area contributed by atoms with E-state index in [1.807, 2.05) is 11.8 Å². The summed E-state index contributed by atoms with van der Waals surface area (Å²) in [6, 6.07) is 0.571. The van der Waals surface area contributed by atoms with Crippen LogP contribution in [-0.4, -0.2) is 36.5 Å². The van der Waals surface area contributed by atoms with Crippen molar-refractivity contribution in [3.8, 4) is 0 Å². The Morgan fingerprint density at radius 1 is 1.50 bits per heavy atom. The maximum Gasteiger partial charge on any atom is 0.222 e. The van der Waals surface area contributed by atoms with Gasteiger partial charge in [0.25, 0.3) is 0 Å². The Balaban J connectivity index is 1.95. The highest BCUT2D eigenvalue weighted by Gasteiger charge is 2.37. The van der Waals surface area contributed by atoms with E-state index < -0.39 is 0 Å². The second-order valence-corrected chi connectivity index (χ2v) is 4.77. The molecule has 0 spiro atoms. The SMILES string of the molecule is CCC(=O)N1CC2CC(C)CNC2C1. The highest BCUT2D eigenvalue weighted by molar-refractivity contribution is 5.76. The molecule has 2 aliphatic heterocycles. The summed E-state index contributed by atoms with van der Waals surface area (Å²) in [6.07, 6.45) is 1.93. The topological polar surface area (TPSA) is 32.3 Å². The molecule has 3 nitrogen and oxygen atoms in total. The Morgan fingerprint density at radius 2 is 2.29 bits per heavy atom. The fourth-order valence-electron chi connectivity index (χ4n) is 2.72. The summed E-state index contributed by atoms with van der Waals surface area (Å²) in [6.45, 7) is 7.27. The van der Waals surface area contributed by atoms with Gasteiger partial charge in [-0.2, -0.15) is 0 Å². The molecule has 0 aliphatic carbocycles. The van der Waals surface area contributed by atoms with Gasteiger partial charge in [-0.15, -0.1) is 0 Å². The number of carbonyl (C=O) groups is 1. The Labute approximate surface area is 85.8 Å². The number of amides is 1. The average molecular weight is 196 g/mol. The standard InChI is InChI=1S/C11H20N2O/c1-3-11(14)13-6-9-4-8(2)5-12-10(9)7-13/h8-10,12H,3-7H2,1-2H3. The molecule has 0 saturated carbocycles. The normalized spacial score (nSPS) is 37.0. The summed E-state index contributed by atoms with van der Waals surface area (Å²) in [5.41, 5.74) is 0. The van der Waals surface area contributed by atoms with Crippen molar-refractivity contribution in [2.24, 2.45) is 11.8 Å². The van der Waals surface area contributed by atoms with Gasteiger partial charge in [-0.05, 0) is 24.8 Å². The van der Waals surface area contributed by atoms with E-state index in [2.05, 4.69) is 12.2 Å². The van der Waals surface area contributed by atoms with E-state index in [1.54, 1.807) is 0 Å². The third kappa shape index (κ3) is 1.78. The molecule has 3 atom stereocenters. The van der Waals surface area contributed by atoms with Crippen molar-refractivity contribution < 1.29 is 4.79 Å². The van der Waals surface area contributed by atoms with E-state index in [4.69, 9.17) is 0 Å². The number of piperidine rings is 1. The molecule has 2 saturated heterocycles. The maximum atomic E-state index is 11.5. The number of carbonyl (C=O) groups excluding carboxylic acids is 1.